The van der Waals surface area contributed by atoms with Crippen LogP contribution in [0.2, 0.25) is 0 Å². The molecule has 0 saturated carbocycles. The Kier molecular flexibility index (Phi) is 3.86. The Balaban J connectivity index is 1.71. The Bertz CT molecular complexity index is 696. The van der Waals surface area contributed by atoms with E-state index in [0.29, 0.717) is 25.3 Å². The van der Waals surface area contributed by atoms with Crippen LogP contribution in [-0.2, 0) is 17.7 Å². The molecule has 0 unspecified atom stereocenters. The second-order valence-electron chi connectivity index (χ2n) is 5.03. The summed E-state index contributed by atoms with van der Waals surface area (Å²) in [7, 11) is 1.30. The molecular weight excluding hydrogens is 284 g/mol. The molecule has 0 bridgehead atoms. The number of hydrogen-bond acceptors (Lipinski definition) is 5. The number of carbonyl (C=O) groups excluding carboxylic acids is 2. The van der Waals surface area contributed by atoms with Crippen LogP contribution in [0, 0.1) is 0 Å². The highest BCUT2D eigenvalue weighted by Crippen LogP contribution is 2.15. The predicted molar refractivity (Wildman–Crippen MR) is 77.4 cm³/mol. The van der Waals surface area contributed by atoms with E-state index in [1.54, 1.807) is 22.0 Å². The number of ether oxygens (including phenoxy) is 1. The topological polar surface area (TPSA) is 77.3 Å². The molecule has 2 aromatic heterocycles. The van der Waals surface area contributed by atoms with Gasteiger partial charge in [-0.15, -0.1) is 0 Å². The summed E-state index contributed by atoms with van der Waals surface area (Å²) in [4.78, 5) is 29.7. The van der Waals surface area contributed by atoms with Crippen LogP contribution < -0.4 is 0 Å². The van der Waals surface area contributed by atoms with E-state index < -0.39 is 5.97 Å². The standard InChI is InChI=1S/C15H16N4O3/c1-22-15(21)12-10-13-14(20)18(8-9-19(13)17-12)7-4-11-2-5-16-6-3-11/h2-3,5-6,10H,4,7-9H2,1H3. The lowest BCUT2D eigenvalue weighted by Crippen LogP contribution is -2.41. The van der Waals surface area contributed by atoms with Gasteiger partial charge in [-0.3, -0.25) is 14.5 Å². The van der Waals surface area contributed by atoms with Crippen LogP contribution in [0.4, 0.5) is 0 Å². The fraction of sp³-hybridized carbons (Fsp3) is 0.333. The van der Waals surface area contributed by atoms with E-state index in [-0.39, 0.29) is 11.6 Å². The molecule has 0 aromatic carbocycles. The SMILES string of the molecule is COC(=O)c1cc2n(n1)CCN(CCc1ccncc1)C2=O. The Morgan fingerprint density at radius 2 is 2.09 bits per heavy atom. The van der Waals surface area contributed by atoms with Crippen molar-refractivity contribution in [3.05, 3.63) is 47.5 Å². The number of aromatic nitrogens is 3. The molecule has 3 rings (SSSR count). The summed E-state index contributed by atoms with van der Waals surface area (Å²) >= 11 is 0. The molecule has 1 aliphatic rings. The van der Waals surface area contributed by atoms with Gasteiger partial charge in [0.15, 0.2) is 5.69 Å². The molecule has 0 fully saturated rings. The van der Waals surface area contributed by atoms with Gasteiger partial charge in [0.05, 0.1) is 13.7 Å². The van der Waals surface area contributed by atoms with Crippen LogP contribution in [0.3, 0.4) is 0 Å². The molecular formula is C15H16N4O3. The van der Waals surface area contributed by atoms with Crippen molar-refractivity contribution in [3.63, 3.8) is 0 Å². The van der Waals surface area contributed by atoms with Crippen molar-refractivity contribution in [2.24, 2.45) is 0 Å². The van der Waals surface area contributed by atoms with E-state index in [9.17, 15) is 9.59 Å². The van der Waals surface area contributed by atoms with Gasteiger partial charge >= 0.3 is 5.97 Å². The van der Waals surface area contributed by atoms with Gasteiger partial charge < -0.3 is 9.64 Å². The largest absolute Gasteiger partial charge is 0.464 e. The highest BCUT2D eigenvalue weighted by molar-refractivity contribution is 5.96. The molecule has 114 valence electrons. The summed E-state index contributed by atoms with van der Waals surface area (Å²) in [6.45, 7) is 1.79. The summed E-state index contributed by atoms with van der Waals surface area (Å²) in [5, 5.41) is 4.11. The Hall–Kier alpha value is -2.70. The van der Waals surface area contributed by atoms with Gasteiger partial charge in [-0.1, -0.05) is 0 Å². The van der Waals surface area contributed by atoms with Crippen LogP contribution in [0.5, 0.6) is 0 Å². The molecule has 2 aromatic rings. The minimum absolute atomic E-state index is 0.108. The molecule has 0 spiro atoms. The monoisotopic (exact) mass is 300 g/mol. The lowest BCUT2D eigenvalue weighted by atomic mass is 10.1. The summed E-state index contributed by atoms with van der Waals surface area (Å²) in [6, 6.07) is 5.37. The molecule has 7 heteroatoms. The van der Waals surface area contributed by atoms with E-state index >= 15 is 0 Å². The average Bonchev–Trinajstić information content (AvgIpc) is 2.99. The van der Waals surface area contributed by atoms with Crippen LogP contribution in [0.15, 0.2) is 30.6 Å². The zero-order valence-electron chi connectivity index (χ0n) is 12.2. The molecule has 0 aliphatic carbocycles. The summed E-state index contributed by atoms with van der Waals surface area (Å²) < 4.78 is 6.20. The van der Waals surface area contributed by atoms with Crippen molar-refractivity contribution in [2.45, 2.75) is 13.0 Å². The van der Waals surface area contributed by atoms with Gasteiger partial charge in [0, 0.05) is 31.5 Å². The third-order valence-electron chi connectivity index (χ3n) is 3.68. The quantitative estimate of drug-likeness (QED) is 0.779. The number of esters is 1. The smallest absolute Gasteiger partial charge is 0.358 e. The molecule has 1 aliphatic heterocycles. The summed E-state index contributed by atoms with van der Waals surface area (Å²) in [5.41, 5.74) is 1.74. The van der Waals surface area contributed by atoms with E-state index in [2.05, 4.69) is 14.8 Å². The van der Waals surface area contributed by atoms with E-state index in [1.807, 2.05) is 12.1 Å². The molecule has 0 saturated heterocycles. The predicted octanol–water partition coefficient (Wildman–Crippen LogP) is 0.763. The van der Waals surface area contributed by atoms with Crippen LogP contribution in [-0.4, -0.2) is 51.7 Å². The number of pyridine rings is 1. The molecule has 0 radical (unpaired) electrons. The van der Waals surface area contributed by atoms with E-state index in [4.69, 9.17) is 0 Å². The van der Waals surface area contributed by atoms with Gasteiger partial charge in [0.2, 0.25) is 0 Å². The van der Waals surface area contributed by atoms with Gasteiger partial charge in [-0.2, -0.15) is 5.10 Å². The van der Waals surface area contributed by atoms with Gasteiger partial charge in [-0.05, 0) is 24.1 Å². The molecule has 0 atom stereocenters. The van der Waals surface area contributed by atoms with E-state index in [0.717, 1.165) is 12.0 Å². The zero-order valence-corrected chi connectivity index (χ0v) is 12.2. The lowest BCUT2D eigenvalue weighted by molar-refractivity contribution is 0.0591. The fourth-order valence-electron chi connectivity index (χ4n) is 2.47. The number of hydrogen-bond donors (Lipinski definition) is 0. The number of fused-ring (bicyclic) bond motifs is 1. The van der Waals surface area contributed by atoms with Gasteiger partial charge in [0.1, 0.15) is 5.69 Å². The van der Waals surface area contributed by atoms with Crippen molar-refractivity contribution < 1.29 is 14.3 Å². The van der Waals surface area contributed by atoms with Crippen molar-refractivity contribution >= 4 is 11.9 Å². The number of amides is 1. The number of carbonyl (C=O) groups is 2. The van der Waals surface area contributed by atoms with Crippen LogP contribution >= 0.6 is 0 Å². The van der Waals surface area contributed by atoms with Gasteiger partial charge in [-0.25, -0.2) is 4.79 Å². The average molecular weight is 300 g/mol. The summed E-state index contributed by atoms with van der Waals surface area (Å²) in [5.74, 6) is -0.638. The maximum Gasteiger partial charge on any atom is 0.358 e. The highest BCUT2D eigenvalue weighted by Gasteiger charge is 2.27. The van der Waals surface area contributed by atoms with Crippen LogP contribution in [0.1, 0.15) is 26.5 Å². The normalized spacial score (nSPS) is 13.9. The third kappa shape index (κ3) is 2.69. The number of rotatable bonds is 4. The first kappa shape index (κ1) is 14.2. The lowest BCUT2D eigenvalue weighted by Gasteiger charge is -2.27. The number of nitrogens with zero attached hydrogens (tertiary/aromatic N) is 4. The minimum atomic E-state index is -0.530. The second-order valence-corrected chi connectivity index (χ2v) is 5.03. The third-order valence-corrected chi connectivity index (χ3v) is 3.68. The highest BCUT2D eigenvalue weighted by atomic mass is 16.5. The van der Waals surface area contributed by atoms with Crippen molar-refractivity contribution in [1.29, 1.82) is 0 Å². The number of methoxy groups -OCH3 is 1. The molecule has 0 N–H and O–H groups in total. The van der Waals surface area contributed by atoms with Crippen molar-refractivity contribution in [1.82, 2.24) is 19.7 Å². The maximum atomic E-state index is 12.5. The van der Waals surface area contributed by atoms with Gasteiger partial charge in [0.25, 0.3) is 5.91 Å². The summed E-state index contributed by atoms with van der Waals surface area (Å²) in [6.07, 6.45) is 4.25. The molecule has 1 amide bonds. The van der Waals surface area contributed by atoms with Crippen molar-refractivity contribution in [2.75, 3.05) is 20.2 Å². The first-order valence-corrected chi connectivity index (χ1v) is 7.03. The zero-order chi connectivity index (χ0) is 15.5. The Morgan fingerprint density at radius 3 is 2.82 bits per heavy atom. The maximum absolute atomic E-state index is 12.5. The second kappa shape index (κ2) is 5.97. The molecule has 3 heterocycles. The molecule has 22 heavy (non-hydrogen) atoms. The first-order chi connectivity index (χ1) is 10.7. The van der Waals surface area contributed by atoms with E-state index in [1.165, 1.54) is 13.2 Å². The first-order valence-electron chi connectivity index (χ1n) is 7.03. The minimum Gasteiger partial charge on any atom is -0.464 e. The Morgan fingerprint density at radius 1 is 1.32 bits per heavy atom. The van der Waals surface area contributed by atoms with Crippen molar-refractivity contribution in [3.8, 4) is 0 Å². The fourth-order valence-corrected chi connectivity index (χ4v) is 2.47. The Labute approximate surface area is 127 Å². The molecule has 7 nitrogen and oxygen atoms in total. The van der Waals surface area contributed by atoms with Crippen LogP contribution in [0.25, 0.3) is 0 Å².